The molecule has 2 amide bonds. The summed E-state index contributed by atoms with van der Waals surface area (Å²) in [4.78, 5) is 29.5. The highest BCUT2D eigenvalue weighted by atomic mass is 35.5. The number of para-hydroxylation sites is 1. The van der Waals surface area contributed by atoms with Crippen molar-refractivity contribution >= 4 is 39.1 Å². The zero-order valence-corrected chi connectivity index (χ0v) is 25.9. The second-order valence-electron chi connectivity index (χ2n) is 10.3. The molecule has 224 valence electrons. The van der Waals surface area contributed by atoms with Gasteiger partial charge in [0.2, 0.25) is 11.8 Å². The number of hydrogen-bond donors (Lipinski definition) is 1. The number of rotatable bonds is 13. The lowest BCUT2D eigenvalue weighted by Gasteiger charge is -2.34. The van der Waals surface area contributed by atoms with Crippen molar-refractivity contribution in [2.24, 2.45) is 0 Å². The second-order valence-corrected chi connectivity index (χ2v) is 12.5. The van der Waals surface area contributed by atoms with Gasteiger partial charge < -0.3 is 10.2 Å². The van der Waals surface area contributed by atoms with E-state index in [1.54, 1.807) is 36.4 Å². The Morgan fingerprint density at radius 1 is 0.814 bits per heavy atom. The maximum Gasteiger partial charge on any atom is 0.264 e. The number of amides is 2. The van der Waals surface area contributed by atoms with Crippen LogP contribution in [0.5, 0.6) is 0 Å². The zero-order chi connectivity index (χ0) is 30.8. The summed E-state index contributed by atoms with van der Waals surface area (Å²) >= 11 is 6.51. The molecule has 7 nitrogen and oxygen atoms in total. The van der Waals surface area contributed by atoms with Crippen molar-refractivity contribution in [2.45, 2.75) is 44.2 Å². The van der Waals surface area contributed by atoms with E-state index in [0.29, 0.717) is 6.54 Å². The molecule has 4 rings (SSSR count). The van der Waals surface area contributed by atoms with Gasteiger partial charge in [-0.1, -0.05) is 109 Å². The number of anilines is 1. The molecule has 0 unspecified atom stereocenters. The van der Waals surface area contributed by atoms with Crippen LogP contribution in [-0.2, 0) is 32.6 Å². The average molecular weight is 618 g/mol. The van der Waals surface area contributed by atoms with Crippen molar-refractivity contribution in [3.05, 3.63) is 131 Å². The second kappa shape index (κ2) is 14.8. The summed E-state index contributed by atoms with van der Waals surface area (Å²) in [5, 5.41) is 3.13. The van der Waals surface area contributed by atoms with Crippen molar-refractivity contribution in [2.75, 3.05) is 17.4 Å². The molecule has 0 aromatic heterocycles. The van der Waals surface area contributed by atoms with E-state index in [-0.39, 0.29) is 34.5 Å². The minimum Gasteiger partial charge on any atom is -0.354 e. The van der Waals surface area contributed by atoms with Gasteiger partial charge in [-0.05, 0) is 48.7 Å². The van der Waals surface area contributed by atoms with Gasteiger partial charge in [0.1, 0.15) is 12.6 Å². The topological polar surface area (TPSA) is 86.8 Å². The van der Waals surface area contributed by atoms with Gasteiger partial charge >= 0.3 is 0 Å². The highest BCUT2D eigenvalue weighted by Crippen LogP contribution is 2.31. The zero-order valence-electron chi connectivity index (χ0n) is 24.3. The van der Waals surface area contributed by atoms with Crippen LogP contribution in [0.15, 0.2) is 114 Å². The van der Waals surface area contributed by atoms with E-state index in [1.807, 2.05) is 74.5 Å². The first-order valence-electron chi connectivity index (χ1n) is 14.2. The molecule has 0 spiro atoms. The number of nitrogens with one attached hydrogen (secondary N) is 1. The first-order chi connectivity index (χ1) is 20.7. The smallest absolute Gasteiger partial charge is 0.264 e. The number of halogens is 1. The fraction of sp³-hybridized carbons (Fsp3) is 0.235. The number of sulfonamides is 1. The van der Waals surface area contributed by atoms with Gasteiger partial charge in [0.15, 0.2) is 0 Å². The molecule has 1 atom stereocenters. The van der Waals surface area contributed by atoms with Gasteiger partial charge in [-0.15, -0.1) is 0 Å². The Morgan fingerprint density at radius 3 is 2.00 bits per heavy atom. The third-order valence-corrected chi connectivity index (χ3v) is 9.12. The minimum absolute atomic E-state index is 0.0296. The third kappa shape index (κ3) is 8.24. The van der Waals surface area contributed by atoms with E-state index in [2.05, 4.69) is 5.32 Å². The summed E-state index contributed by atoms with van der Waals surface area (Å²) in [6, 6.07) is 30.9. The fourth-order valence-corrected chi connectivity index (χ4v) is 6.43. The average Bonchev–Trinajstić information content (AvgIpc) is 3.02. The fourth-order valence-electron chi connectivity index (χ4n) is 4.70. The first-order valence-corrected chi connectivity index (χ1v) is 16.0. The van der Waals surface area contributed by atoms with Crippen LogP contribution in [0.3, 0.4) is 0 Å². The van der Waals surface area contributed by atoms with E-state index in [9.17, 15) is 18.0 Å². The van der Waals surface area contributed by atoms with Crippen molar-refractivity contribution in [3.8, 4) is 0 Å². The molecule has 43 heavy (non-hydrogen) atoms. The van der Waals surface area contributed by atoms with E-state index in [4.69, 9.17) is 11.6 Å². The van der Waals surface area contributed by atoms with Gasteiger partial charge in [-0.25, -0.2) is 8.42 Å². The quantitative estimate of drug-likeness (QED) is 0.199. The van der Waals surface area contributed by atoms with Crippen molar-refractivity contribution in [1.82, 2.24) is 10.2 Å². The molecule has 0 aliphatic carbocycles. The molecule has 1 N–H and O–H groups in total. The number of nitrogens with zero attached hydrogens (tertiary/aromatic N) is 2. The van der Waals surface area contributed by atoms with Gasteiger partial charge in [-0.2, -0.15) is 0 Å². The largest absolute Gasteiger partial charge is 0.354 e. The lowest BCUT2D eigenvalue weighted by molar-refractivity contribution is -0.140. The molecule has 0 heterocycles. The third-order valence-electron chi connectivity index (χ3n) is 7.03. The molecule has 0 fully saturated rings. The standard InChI is InChI=1S/C34H36ClN3O4S/c1-3-22-36-34(40)32(23-27-12-6-4-7-13-27)37(24-28-14-8-5-9-15-28)33(39)25-38(31-17-11-10-16-30(31)35)43(41,42)29-20-18-26(2)19-21-29/h4-21,32H,3,22-25H2,1-2H3,(H,36,40)/t32-/m0/s1. The summed E-state index contributed by atoms with van der Waals surface area (Å²) < 4.78 is 29.2. The summed E-state index contributed by atoms with van der Waals surface area (Å²) in [6.45, 7) is 3.82. The molecule has 9 heteroatoms. The molecule has 0 aliphatic heterocycles. The number of carbonyl (C=O) groups is 2. The van der Waals surface area contributed by atoms with E-state index >= 15 is 0 Å². The van der Waals surface area contributed by atoms with Gasteiger partial charge in [-0.3, -0.25) is 13.9 Å². The predicted octanol–water partition coefficient (Wildman–Crippen LogP) is 6.01. The summed E-state index contributed by atoms with van der Waals surface area (Å²) in [6.07, 6.45) is 0.983. The number of hydrogen-bond acceptors (Lipinski definition) is 4. The van der Waals surface area contributed by atoms with Crippen LogP contribution < -0.4 is 9.62 Å². The molecule has 4 aromatic rings. The normalized spacial score (nSPS) is 11.9. The minimum atomic E-state index is -4.21. The lowest BCUT2D eigenvalue weighted by Crippen LogP contribution is -2.53. The van der Waals surface area contributed by atoms with Gasteiger partial charge in [0, 0.05) is 19.5 Å². The van der Waals surface area contributed by atoms with Crippen molar-refractivity contribution < 1.29 is 18.0 Å². The maximum absolute atomic E-state index is 14.4. The lowest BCUT2D eigenvalue weighted by atomic mass is 10.0. The Kier molecular flexibility index (Phi) is 11.0. The Balaban J connectivity index is 1.79. The van der Waals surface area contributed by atoms with Crippen LogP contribution in [-0.4, -0.2) is 44.3 Å². The Bertz CT molecular complexity index is 1610. The Morgan fingerprint density at radius 2 is 1.40 bits per heavy atom. The predicted molar refractivity (Wildman–Crippen MR) is 171 cm³/mol. The van der Waals surface area contributed by atoms with Gasteiger partial charge in [0.05, 0.1) is 15.6 Å². The first kappa shape index (κ1) is 31.8. The molecule has 0 radical (unpaired) electrons. The van der Waals surface area contributed by atoms with E-state index in [1.165, 1.54) is 17.0 Å². The summed E-state index contributed by atoms with van der Waals surface area (Å²) in [7, 11) is -4.21. The van der Waals surface area contributed by atoms with E-state index < -0.39 is 28.5 Å². The molecule has 0 aliphatic rings. The molecule has 0 bridgehead atoms. The molecular formula is C34H36ClN3O4S. The van der Waals surface area contributed by atoms with Crippen LogP contribution in [0.2, 0.25) is 5.02 Å². The highest BCUT2D eigenvalue weighted by Gasteiger charge is 2.35. The number of benzene rings is 4. The molecule has 0 saturated heterocycles. The maximum atomic E-state index is 14.4. The highest BCUT2D eigenvalue weighted by molar-refractivity contribution is 7.92. The molecule has 0 saturated carbocycles. The van der Waals surface area contributed by atoms with Crippen LogP contribution in [0.1, 0.15) is 30.0 Å². The van der Waals surface area contributed by atoms with E-state index in [0.717, 1.165) is 27.4 Å². The van der Waals surface area contributed by atoms with Crippen molar-refractivity contribution in [3.63, 3.8) is 0 Å². The Hall–Kier alpha value is -4.14. The summed E-state index contributed by atoms with van der Waals surface area (Å²) in [5.41, 5.74) is 2.76. The molecule has 4 aromatic carbocycles. The Labute approximate surface area is 259 Å². The van der Waals surface area contributed by atoms with Crippen LogP contribution in [0, 0.1) is 6.92 Å². The molecular weight excluding hydrogens is 582 g/mol. The SMILES string of the molecule is CCCNC(=O)[C@H](Cc1ccccc1)N(Cc1ccccc1)C(=O)CN(c1ccccc1Cl)S(=O)(=O)c1ccc(C)cc1. The number of aryl methyl sites for hydroxylation is 1. The van der Waals surface area contributed by atoms with Crippen LogP contribution in [0.25, 0.3) is 0 Å². The number of carbonyl (C=O) groups excluding carboxylic acids is 2. The summed E-state index contributed by atoms with van der Waals surface area (Å²) in [5.74, 6) is -0.840. The van der Waals surface area contributed by atoms with Crippen LogP contribution >= 0.6 is 11.6 Å². The monoisotopic (exact) mass is 617 g/mol. The van der Waals surface area contributed by atoms with Crippen LogP contribution in [0.4, 0.5) is 5.69 Å². The van der Waals surface area contributed by atoms with Crippen molar-refractivity contribution in [1.29, 1.82) is 0 Å². The van der Waals surface area contributed by atoms with Gasteiger partial charge in [0.25, 0.3) is 10.0 Å².